The van der Waals surface area contributed by atoms with Crippen LogP contribution in [0.1, 0.15) is 26.7 Å². The smallest absolute Gasteiger partial charge is 0.323 e. The molecule has 0 amide bonds. The van der Waals surface area contributed by atoms with Crippen LogP contribution in [-0.2, 0) is 0 Å². The third-order valence-electron chi connectivity index (χ3n) is 3.00. The van der Waals surface area contributed by atoms with Crippen LogP contribution >= 0.6 is 0 Å². The third-order valence-corrected chi connectivity index (χ3v) is 3.00. The van der Waals surface area contributed by atoms with Gasteiger partial charge in [0.1, 0.15) is 0 Å². The molecule has 1 aliphatic rings. The van der Waals surface area contributed by atoms with Crippen molar-refractivity contribution in [2.45, 2.75) is 38.8 Å². The maximum Gasteiger partial charge on any atom is 0.323 e. The maximum atomic E-state index is 5.46. The molecule has 1 saturated carbocycles. The number of nitrogens with two attached hydrogens (primary N) is 1. The van der Waals surface area contributed by atoms with Gasteiger partial charge < -0.3 is 15.0 Å². The molecule has 0 bridgehead atoms. The lowest BCUT2D eigenvalue weighted by atomic mass is 10.5. The minimum absolute atomic E-state index is 0.00289. The summed E-state index contributed by atoms with van der Waals surface area (Å²) in [5, 5.41) is 3.17. The second-order valence-electron chi connectivity index (χ2n) is 5.21. The van der Waals surface area contributed by atoms with Crippen molar-refractivity contribution in [3.8, 4) is 6.01 Å². The molecule has 0 saturated heterocycles. The van der Waals surface area contributed by atoms with Crippen LogP contribution in [0.15, 0.2) is 0 Å². The molecule has 0 unspecified atom stereocenters. The van der Waals surface area contributed by atoms with Gasteiger partial charge in [-0.05, 0) is 33.7 Å². The number of nitrogens with one attached hydrogen (secondary N) is 2. The van der Waals surface area contributed by atoms with E-state index in [1.807, 2.05) is 13.8 Å². The number of anilines is 2. The first-order chi connectivity index (χ1) is 9.58. The van der Waals surface area contributed by atoms with Gasteiger partial charge in [-0.25, -0.2) is 5.84 Å². The van der Waals surface area contributed by atoms with Crippen LogP contribution in [0.4, 0.5) is 11.9 Å². The van der Waals surface area contributed by atoms with E-state index in [-0.39, 0.29) is 18.1 Å². The molecular formula is C12H23N7O. The fraction of sp³-hybridized carbons (Fsp3) is 0.750. The summed E-state index contributed by atoms with van der Waals surface area (Å²) in [5.74, 6) is 6.10. The number of rotatable bonds is 8. The van der Waals surface area contributed by atoms with E-state index in [1.165, 1.54) is 12.8 Å². The number of ether oxygens (including phenoxy) is 1. The fourth-order valence-electron chi connectivity index (χ4n) is 1.81. The third kappa shape index (κ3) is 4.46. The molecule has 0 aromatic carbocycles. The minimum atomic E-state index is -0.00289. The Morgan fingerprint density at radius 1 is 1.30 bits per heavy atom. The quantitative estimate of drug-likeness (QED) is 0.466. The minimum Gasteiger partial charge on any atom is -0.461 e. The second kappa shape index (κ2) is 6.67. The number of hydrazine groups is 1. The van der Waals surface area contributed by atoms with Crippen molar-refractivity contribution < 1.29 is 4.74 Å². The molecule has 0 aliphatic heterocycles. The van der Waals surface area contributed by atoms with E-state index in [0.29, 0.717) is 5.95 Å². The SMILES string of the molecule is CC(C)Oc1nc(NN)nc(NCCN(C)C2CC2)n1. The summed E-state index contributed by atoms with van der Waals surface area (Å²) in [5.41, 5.74) is 2.42. The van der Waals surface area contributed by atoms with Crippen LogP contribution in [0.3, 0.4) is 0 Å². The number of aromatic nitrogens is 3. The van der Waals surface area contributed by atoms with Crippen LogP contribution in [0.5, 0.6) is 6.01 Å². The zero-order valence-electron chi connectivity index (χ0n) is 12.3. The summed E-state index contributed by atoms with van der Waals surface area (Å²) in [7, 11) is 2.13. The number of likely N-dealkylation sites (N-methyl/N-ethyl adjacent to an activating group) is 1. The van der Waals surface area contributed by atoms with Crippen molar-refractivity contribution in [3.63, 3.8) is 0 Å². The Kier molecular flexibility index (Phi) is 4.91. The molecule has 1 aromatic heterocycles. The van der Waals surface area contributed by atoms with Gasteiger partial charge >= 0.3 is 6.01 Å². The van der Waals surface area contributed by atoms with Gasteiger partial charge in [0, 0.05) is 19.1 Å². The summed E-state index contributed by atoms with van der Waals surface area (Å²) in [4.78, 5) is 14.7. The van der Waals surface area contributed by atoms with Gasteiger partial charge in [0.25, 0.3) is 0 Å². The van der Waals surface area contributed by atoms with Crippen molar-refractivity contribution in [3.05, 3.63) is 0 Å². The van der Waals surface area contributed by atoms with E-state index >= 15 is 0 Å². The predicted molar refractivity (Wildman–Crippen MR) is 77.5 cm³/mol. The van der Waals surface area contributed by atoms with E-state index in [2.05, 4.69) is 37.6 Å². The molecule has 0 radical (unpaired) electrons. The van der Waals surface area contributed by atoms with Crippen LogP contribution in [0.2, 0.25) is 0 Å². The monoisotopic (exact) mass is 281 g/mol. The summed E-state index contributed by atoms with van der Waals surface area (Å²) < 4.78 is 5.46. The molecule has 112 valence electrons. The van der Waals surface area contributed by atoms with Gasteiger partial charge in [-0.2, -0.15) is 15.0 Å². The maximum absolute atomic E-state index is 5.46. The Balaban J connectivity index is 1.91. The lowest BCUT2D eigenvalue weighted by Gasteiger charge is -2.16. The lowest BCUT2D eigenvalue weighted by Crippen LogP contribution is -2.27. The topological polar surface area (TPSA) is 101 Å². The molecule has 20 heavy (non-hydrogen) atoms. The Labute approximate surface area is 119 Å². The molecule has 1 aromatic rings. The summed E-state index contributed by atoms with van der Waals surface area (Å²) in [6.45, 7) is 5.54. The molecule has 4 N–H and O–H groups in total. The van der Waals surface area contributed by atoms with Crippen LogP contribution in [0.25, 0.3) is 0 Å². The highest BCUT2D eigenvalue weighted by Crippen LogP contribution is 2.24. The number of hydrogen-bond donors (Lipinski definition) is 3. The normalized spacial score (nSPS) is 14.7. The summed E-state index contributed by atoms with van der Waals surface area (Å²) >= 11 is 0. The van der Waals surface area contributed by atoms with Gasteiger partial charge in [-0.3, -0.25) is 5.43 Å². The first-order valence-electron chi connectivity index (χ1n) is 6.92. The Morgan fingerprint density at radius 2 is 2.00 bits per heavy atom. The highest BCUT2D eigenvalue weighted by molar-refractivity contribution is 5.34. The van der Waals surface area contributed by atoms with Gasteiger partial charge in [0.2, 0.25) is 11.9 Å². The predicted octanol–water partition coefficient (Wildman–Crippen LogP) is 0.451. The number of nitrogen functional groups attached to an aromatic ring is 1. The average Bonchev–Trinajstić information content (AvgIpc) is 3.21. The first-order valence-corrected chi connectivity index (χ1v) is 6.92. The summed E-state index contributed by atoms with van der Waals surface area (Å²) in [6.07, 6.45) is 2.60. The summed E-state index contributed by atoms with van der Waals surface area (Å²) in [6, 6.07) is 1.01. The van der Waals surface area contributed by atoms with E-state index in [1.54, 1.807) is 0 Å². The standard InChI is InChI=1S/C12H23N7O/c1-8(2)20-12-16-10(15-11(17-12)18-13)14-6-7-19(3)9-4-5-9/h8-9H,4-7,13H2,1-3H3,(H2,14,15,16,17,18). The van der Waals surface area contributed by atoms with Crippen molar-refractivity contribution in [2.24, 2.45) is 5.84 Å². The van der Waals surface area contributed by atoms with E-state index in [4.69, 9.17) is 10.6 Å². The first kappa shape index (κ1) is 14.7. The highest BCUT2D eigenvalue weighted by Gasteiger charge is 2.25. The van der Waals surface area contributed by atoms with E-state index in [0.717, 1.165) is 19.1 Å². The van der Waals surface area contributed by atoms with E-state index < -0.39 is 0 Å². The number of nitrogens with zero attached hydrogens (tertiary/aromatic N) is 4. The molecule has 2 rings (SSSR count). The van der Waals surface area contributed by atoms with Gasteiger partial charge in [-0.15, -0.1) is 0 Å². The van der Waals surface area contributed by atoms with Gasteiger partial charge in [0.05, 0.1) is 6.10 Å². The van der Waals surface area contributed by atoms with E-state index in [9.17, 15) is 0 Å². The van der Waals surface area contributed by atoms with Gasteiger partial charge in [-0.1, -0.05) is 0 Å². The fourth-order valence-corrected chi connectivity index (χ4v) is 1.81. The second-order valence-corrected chi connectivity index (χ2v) is 5.21. The zero-order chi connectivity index (χ0) is 14.5. The Morgan fingerprint density at radius 3 is 2.60 bits per heavy atom. The van der Waals surface area contributed by atoms with Crippen LogP contribution in [-0.4, -0.2) is 52.1 Å². The molecule has 0 atom stereocenters. The van der Waals surface area contributed by atoms with Crippen molar-refractivity contribution in [2.75, 3.05) is 30.9 Å². The molecule has 1 heterocycles. The zero-order valence-corrected chi connectivity index (χ0v) is 12.3. The molecule has 8 heteroatoms. The molecule has 0 spiro atoms. The number of hydrogen-bond acceptors (Lipinski definition) is 8. The Bertz CT molecular complexity index is 436. The highest BCUT2D eigenvalue weighted by atomic mass is 16.5. The van der Waals surface area contributed by atoms with Crippen LogP contribution in [0, 0.1) is 0 Å². The molecule has 8 nitrogen and oxygen atoms in total. The molecule has 1 aliphatic carbocycles. The van der Waals surface area contributed by atoms with Crippen LogP contribution < -0.4 is 21.3 Å². The average molecular weight is 281 g/mol. The van der Waals surface area contributed by atoms with Crippen molar-refractivity contribution in [1.82, 2.24) is 19.9 Å². The molecule has 1 fully saturated rings. The van der Waals surface area contributed by atoms with Gasteiger partial charge in [0.15, 0.2) is 0 Å². The Hall–Kier alpha value is -1.67. The lowest BCUT2D eigenvalue weighted by molar-refractivity contribution is 0.222. The largest absolute Gasteiger partial charge is 0.461 e. The van der Waals surface area contributed by atoms with Crippen molar-refractivity contribution >= 4 is 11.9 Å². The molecular weight excluding hydrogens is 258 g/mol. The van der Waals surface area contributed by atoms with Crippen molar-refractivity contribution in [1.29, 1.82) is 0 Å².